The zero-order chi connectivity index (χ0) is 21.7. The Kier molecular flexibility index (Phi) is 7.21. The Morgan fingerprint density at radius 3 is 2.57 bits per heavy atom. The SMILES string of the molecule is C#CCCOC(=O)Nc1ccc2c(c1)sc1cc(SNC(C(=O)O)C(C)C)ccc12. The molecule has 0 spiro atoms. The van der Waals surface area contributed by atoms with Gasteiger partial charge in [-0.25, -0.2) is 9.52 Å². The highest BCUT2D eigenvalue weighted by atomic mass is 32.2. The minimum absolute atomic E-state index is 0.0211. The molecule has 2 aromatic carbocycles. The van der Waals surface area contributed by atoms with Gasteiger partial charge in [-0.05, 0) is 42.1 Å². The molecule has 3 N–H and O–H groups in total. The van der Waals surface area contributed by atoms with Gasteiger partial charge in [0.15, 0.2) is 0 Å². The van der Waals surface area contributed by atoms with Crippen LogP contribution in [0.2, 0.25) is 0 Å². The number of ether oxygens (including phenoxy) is 1. The summed E-state index contributed by atoms with van der Waals surface area (Å²) in [5.74, 6) is 1.53. The van der Waals surface area contributed by atoms with E-state index in [-0.39, 0.29) is 12.5 Å². The van der Waals surface area contributed by atoms with E-state index >= 15 is 0 Å². The molecule has 0 aliphatic carbocycles. The van der Waals surface area contributed by atoms with Gasteiger partial charge in [0.1, 0.15) is 12.6 Å². The highest BCUT2D eigenvalue weighted by Gasteiger charge is 2.21. The van der Waals surface area contributed by atoms with Gasteiger partial charge in [-0.15, -0.1) is 23.7 Å². The molecule has 30 heavy (non-hydrogen) atoms. The van der Waals surface area contributed by atoms with Crippen LogP contribution in [0.15, 0.2) is 41.3 Å². The summed E-state index contributed by atoms with van der Waals surface area (Å²) in [5, 5.41) is 14.2. The van der Waals surface area contributed by atoms with E-state index in [1.54, 1.807) is 11.3 Å². The van der Waals surface area contributed by atoms with E-state index in [9.17, 15) is 14.7 Å². The van der Waals surface area contributed by atoms with Crippen LogP contribution in [0.1, 0.15) is 20.3 Å². The molecule has 8 heteroatoms. The molecule has 0 aliphatic rings. The monoisotopic (exact) mass is 442 g/mol. The van der Waals surface area contributed by atoms with E-state index < -0.39 is 18.1 Å². The van der Waals surface area contributed by atoms with E-state index in [1.807, 2.05) is 50.2 Å². The molecular weight excluding hydrogens is 420 g/mol. The van der Waals surface area contributed by atoms with Crippen molar-refractivity contribution < 1.29 is 19.4 Å². The number of fused-ring (bicyclic) bond motifs is 3. The molecule has 1 unspecified atom stereocenters. The summed E-state index contributed by atoms with van der Waals surface area (Å²) in [7, 11) is 0. The normalized spacial score (nSPS) is 12.1. The van der Waals surface area contributed by atoms with E-state index in [0.29, 0.717) is 12.1 Å². The highest BCUT2D eigenvalue weighted by molar-refractivity contribution is 7.97. The Bertz CT molecular complexity index is 1120. The Labute approximate surface area is 183 Å². The van der Waals surface area contributed by atoms with Gasteiger partial charge in [-0.2, -0.15) is 0 Å². The third kappa shape index (κ3) is 5.25. The number of aliphatic carboxylic acids is 1. The summed E-state index contributed by atoms with van der Waals surface area (Å²) >= 11 is 2.93. The number of nitrogens with one attached hydrogen (secondary N) is 2. The predicted molar refractivity (Wildman–Crippen MR) is 123 cm³/mol. The van der Waals surface area contributed by atoms with Gasteiger partial charge in [0, 0.05) is 37.2 Å². The largest absolute Gasteiger partial charge is 0.480 e. The van der Waals surface area contributed by atoms with Crippen molar-refractivity contribution in [1.82, 2.24) is 4.72 Å². The van der Waals surface area contributed by atoms with Gasteiger partial charge in [0.2, 0.25) is 0 Å². The molecule has 156 valence electrons. The number of terminal acetylenes is 1. The van der Waals surface area contributed by atoms with Crippen molar-refractivity contribution in [2.24, 2.45) is 5.92 Å². The molecule has 0 bridgehead atoms. The Balaban J connectivity index is 1.76. The Hall–Kier alpha value is -2.73. The molecule has 0 radical (unpaired) electrons. The lowest BCUT2D eigenvalue weighted by molar-refractivity contribution is -0.139. The number of benzene rings is 2. The number of rotatable bonds is 8. The molecule has 1 heterocycles. The van der Waals surface area contributed by atoms with Gasteiger partial charge in [-0.3, -0.25) is 10.1 Å². The van der Waals surface area contributed by atoms with Crippen LogP contribution in [0.3, 0.4) is 0 Å². The number of hydrogen-bond acceptors (Lipinski definition) is 6. The summed E-state index contributed by atoms with van der Waals surface area (Å²) in [5.41, 5.74) is 0.650. The van der Waals surface area contributed by atoms with Crippen molar-refractivity contribution in [3.05, 3.63) is 36.4 Å². The number of amides is 1. The van der Waals surface area contributed by atoms with Crippen LogP contribution in [-0.2, 0) is 9.53 Å². The summed E-state index contributed by atoms with van der Waals surface area (Å²) in [4.78, 5) is 24.1. The van der Waals surface area contributed by atoms with Gasteiger partial charge in [0.05, 0.1) is 0 Å². The van der Waals surface area contributed by atoms with Crippen LogP contribution in [0.5, 0.6) is 0 Å². The van der Waals surface area contributed by atoms with E-state index in [1.165, 1.54) is 11.9 Å². The van der Waals surface area contributed by atoms with E-state index in [4.69, 9.17) is 11.2 Å². The third-order valence-electron chi connectivity index (χ3n) is 4.41. The minimum Gasteiger partial charge on any atom is -0.480 e. The average Bonchev–Trinajstić information content (AvgIpc) is 3.04. The van der Waals surface area contributed by atoms with Crippen molar-refractivity contribution in [2.75, 3.05) is 11.9 Å². The van der Waals surface area contributed by atoms with Crippen LogP contribution >= 0.6 is 23.3 Å². The minimum atomic E-state index is -0.863. The van der Waals surface area contributed by atoms with Gasteiger partial charge < -0.3 is 9.84 Å². The van der Waals surface area contributed by atoms with Crippen LogP contribution in [-0.4, -0.2) is 29.8 Å². The van der Waals surface area contributed by atoms with Crippen LogP contribution in [0.4, 0.5) is 10.5 Å². The molecule has 6 nitrogen and oxygen atoms in total. The lowest BCUT2D eigenvalue weighted by Gasteiger charge is -2.16. The maximum atomic E-state index is 11.8. The fourth-order valence-electron chi connectivity index (χ4n) is 2.86. The molecule has 0 saturated heterocycles. The van der Waals surface area contributed by atoms with Gasteiger partial charge in [0.25, 0.3) is 0 Å². The second kappa shape index (κ2) is 9.85. The molecule has 3 rings (SSSR count). The molecule has 1 amide bonds. The number of hydrogen-bond donors (Lipinski definition) is 3. The van der Waals surface area contributed by atoms with Crippen molar-refractivity contribution in [1.29, 1.82) is 0 Å². The third-order valence-corrected chi connectivity index (χ3v) is 6.38. The van der Waals surface area contributed by atoms with Gasteiger partial charge in [-0.1, -0.05) is 26.0 Å². The number of thiophene rings is 1. The fraction of sp³-hybridized carbons (Fsp3) is 0.273. The molecule has 0 saturated carbocycles. The second-order valence-electron chi connectivity index (χ2n) is 6.97. The zero-order valence-corrected chi connectivity index (χ0v) is 18.2. The first-order chi connectivity index (χ1) is 14.4. The van der Waals surface area contributed by atoms with Crippen molar-refractivity contribution in [3.63, 3.8) is 0 Å². The molecule has 1 atom stereocenters. The van der Waals surface area contributed by atoms with Crippen LogP contribution < -0.4 is 10.0 Å². The Morgan fingerprint density at radius 1 is 1.20 bits per heavy atom. The lowest BCUT2D eigenvalue weighted by atomic mass is 10.1. The van der Waals surface area contributed by atoms with Crippen LogP contribution in [0.25, 0.3) is 20.2 Å². The number of carbonyl (C=O) groups is 2. The first-order valence-electron chi connectivity index (χ1n) is 9.37. The maximum absolute atomic E-state index is 11.8. The van der Waals surface area contributed by atoms with Crippen molar-refractivity contribution in [3.8, 4) is 12.3 Å². The van der Waals surface area contributed by atoms with Crippen molar-refractivity contribution in [2.45, 2.75) is 31.2 Å². The Morgan fingerprint density at radius 2 is 1.90 bits per heavy atom. The number of carboxylic acid groups (broad SMARTS) is 1. The van der Waals surface area contributed by atoms with Crippen molar-refractivity contribution >= 4 is 61.2 Å². The summed E-state index contributed by atoms with van der Waals surface area (Å²) < 4.78 is 10.2. The quantitative estimate of drug-likeness (QED) is 0.248. The molecule has 1 aromatic heterocycles. The maximum Gasteiger partial charge on any atom is 0.411 e. The number of anilines is 1. The standard InChI is InChI=1S/C22H22N2O4S2/c1-4-5-10-28-22(27)23-14-6-8-16-17-9-7-15(12-19(17)29-18(16)11-14)30-24-20(13(2)3)21(25)26/h1,6-9,11-13,20,24H,5,10H2,2-3H3,(H,23,27)(H,25,26). The number of carboxylic acids is 1. The van der Waals surface area contributed by atoms with E-state index in [0.717, 1.165) is 25.1 Å². The first kappa shape index (κ1) is 22.0. The van der Waals surface area contributed by atoms with Crippen LogP contribution in [0, 0.1) is 18.3 Å². The highest BCUT2D eigenvalue weighted by Crippen LogP contribution is 2.37. The summed E-state index contributed by atoms with van der Waals surface area (Å²) in [6.07, 6.45) is 4.99. The van der Waals surface area contributed by atoms with Gasteiger partial charge >= 0.3 is 12.1 Å². The smallest absolute Gasteiger partial charge is 0.411 e. The fourth-order valence-corrected chi connectivity index (χ4v) is 5.07. The molecule has 0 fully saturated rings. The van der Waals surface area contributed by atoms with E-state index in [2.05, 4.69) is 16.0 Å². The lowest BCUT2D eigenvalue weighted by Crippen LogP contribution is -2.36. The summed E-state index contributed by atoms with van der Waals surface area (Å²) in [6, 6.07) is 11.1. The molecule has 3 aromatic rings. The predicted octanol–water partition coefficient (Wildman–Crippen LogP) is 5.33. The average molecular weight is 443 g/mol. The zero-order valence-electron chi connectivity index (χ0n) is 16.6. The first-order valence-corrected chi connectivity index (χ1v) is 11.0. The summed E-state index contributed by atoms with van der Waals surface area (Å²) in [6.45, 7) is 3.93. The molecule has 0 aliphatic heterocycles. The number of carbonyl (C=O) groups excluding carboxylic acids is 1. The molecular formula is C22H22N2O4S2. The topological polar surface area (TPSA) is 87.7 Å². The second-order valence-corrected chi connectivity index (χ2v) is 8.96.